The molecule has 4 heteroatoms. The average molecular weight is 135 g/mol. The van der Waals surface area contributed by atoms with Gasteiger partial charge >= 0.3 is 6.09 Å². The maximum atomic E-state index is 12.0. The summed E-state index contributed by atoms with van der Waals surface area (Å²) in [5, 5.41) is 7.76. The standard InChI is InChI=1S/C5H10FNO2/c1-4(2)3-7(6)5(8)9/h4H,3H2,1-2H3,(H,8,9). The molecule has 0 radical (unpaired) electrons. The van der Waals surface area contributed by atoms with Crippen molar-refractivity contribution < 1.29 is 14.4 Å². The summed E-state index contributed by atoms with van der Waals surface area (Å²) in [6.45, 7) is 3.43. The SMILES string of the molecule is CC(C)CN(F)C(=O)O. The van der Waals surface area contributed by atoms with E-state index >= 15 is 0 Å². The van der Waals surface area contributed by atoms with Crippen LogP contribution in [0.4, 0.5) is 9.28 Å². The highest BCUT2D eigenvalue weighted by Crippen LogP contribution is 1.98. The third-order valence-corrected chi connectivity index (χ3v) is 0.733. The van der Waals surface area contributed by atoms with E-state index in [1.54, 1.807) is 13.8 Å². The highest BCUT2D eigenvalue weighted by molar-refractivity contribution is 5.63. The van der Waals surface area contributed by atoms with Crippen molar-refractivity contribution in [1.82, 2.24) is 5.12 Å². The highest BCUT2D eigenvalue weighted by atomic mass is 19.2. The molecule has 3 nitrogen and oxygen atoms in total. The largest absolute Gasteiger partial charge is 0.463 e. The third kappa shape index (κ3) is 3.76. The second kappa shape index (κ2) is 3.27. The zero-order valence-electron chi connectivity index (χ0n) is 5.47. The van der Waals surface area contributed by atoms with Crippen molar-refractivity contribution in [3.63, 3.8) is 0 Å². The molecule has 0 bridgehead atoms. The van der Waals surface area contributed by atoms with Crippen LogP contribution in [-0.2, 0) is 0 Å². The number of hydrogen-bond donors (Lipinski definition) is 1. The van der Waals surface area contributed by atoms with Gasteiger partial charge in [-0.3, -0.25) is 0 Å². The van der Waals surface area contributed by atoms with Gasteiger partial charge in [-0.05, 0) is 5.92 Å². The van der Waals surface area contributed by atoms with Gasteiger partial charge in [0.1, 0.15) is 0 Å². The molecule has 0 unspecified atom stereocenters. The topological polar surface area (TPSA) is 40.5 Å². The molecule has 0 fully saturated rings. The Morgan fingerprint density at radius 1 is 1.78 bits per heavy atom. The minimum Gasteiger partial charge on any atom is -0.463 e. The number of rotatable bonds is 2. The molecule has 0 saturated carbocycles. The molecule has 0 saturated heterocycles. The first kappa shape index (κ1) is 8.20. The van der Waals surface area contributed by atoms with Crippen LogP contribution in [0.15, 0.2) is 0 Å². The van der Waals surface area contributed by atoms with E-state index in [1.807, 2.05) is 0 Å². The quantitative estimate of drug-likeness (QED) is 0.583. The summed E-state index contributed by atoms with van der Waals surface area (Å²) in [5.41, 5.74) is 0. The predicted molar refractivity (Wildman–Crippen MR) is 30.7 cm³/mol. The van der Waals surface area contributed by atoms with E-state index < -0.39 is 6.09 Å². The lowest BCUT2D eigenvalue weighted by atomic mass is 10.2. The highest BCUT2D eigenvalue weighted by Gasteiger charge is 2.10. The van der Waals surface area contributed by atoms with Crippen molar-refractivity contribution >= 4 is 6.09 Å². The van der Waals surface area contributed by atoms with Gasteiger partial charge in [0.2, 0.25) is 0 Å². The van der Waals surface area contributed by atoms with Crippen LogP contribution in [0, 0.1) is 5.92 Å². The first-order valence-corrected chi connectivity index (χ1v) is 2.70. The lowest BCUT2D eigenvalue weighted by Crippen LogP contribution is -2.24. The third-order valence-electron chi connectivity index (χ3n) is 0.733. The summed E-state index contributed by atoms with van der Waals surface area (Å²) in [6, 6.07) is 0. The fourth-order valence-electron chi connectivity index (χ4n) is 0.399. The molecule has 0 aliphatic carbocycles. The van der Waals surface area contributed by atoms with Crippen LogP contribution in [0.1, 0.15) is 13.8 Å². The maximum Gasteiger partial charge on any atom is 0.435 e. The Morgan fingerprint density at radius 2 is 2.22 bits per heavy atom. The normalized spacial score (nSPS) is 9.78. The van der Waals surface area contributed by atoms with Gasteiger partial charge < -0.3 is 5.11 Å². The minimum absolute atomic E-state index is 0.0334. The minimum atomic E-state index is -1.52. The van der Waals surface area contributed by atoms with Crippen molar-refractivity contribution in [3.05, 3.63) is 0 Å². The van der Waals surface area contributed by atoms with Gasteiger partial charge in [-0.2, -0.15) is 0 Å². The van der Waals surface area contributed by atoms with Crippen LogP contribution >= 0.6 is 0 Å². The number of carbonyl (C=O) groups is 1. The van der Waals surface area contributed by atoms with Crippen molar-refractivity contribution in [2.24, 2.45) is 5.92 Å². The molecule has 0 rings (SSSR count). The Morgan fingerprint density at radius 3 is 2.33 bits per heavy atom. The number of hydrogen-bond acceptors (Lipinski definition) is 1. The van der Waals surface area contributed by atoms with Crippen LogP contribution in [0.2, 0.25) is 0 Å². The zero-order valence-corrected chi connectivity index (χ0v) is 5.47. The Kier molecular flexibility index (Phi) is 2.98. The van der Waals surface area contributed by atoms with Crippen molar-refractivity contribution in [3.8, 4) is 0 Å². The van der Waals surface area contributed by atoms with E-state index in [4.69, 9.17) is 5.11 Å². The molecule has 0 aromatic heterocycles. The molecule has 54 valence electrons. The number of nitrogens with zero attached hydrogens (tertiary/aromatic N) is 1. The van der Waals surface area contributed by atoms with Crippen LogP contribution in [0.25, 0.3) is 0 Å². The molecule has 9 heavy (non-hydrogen) atoms. The van der Waals surface area contributed by atoms with Gasteiger partial charge in [-0.1, -0.05) is 18.3 Å². The second-order valence-corrected chi connectivity index (χ2v) is 2.22. The second-order valence-electron chi connectivity index (χ2n) is 2.22. The van der Waals surface area contributed by atoms with E-state index in [9.17, 15) is 9.28 Å². The average Bonchev–Trinajstić information content (AvgIpc) is 1.63. The molecule has 0 atom stereocenters. The molecule has 0 aliphatic rings. The van der Waals surface area contributed by atoms with E-state index in [0.29, 0.717) is 0 Å². The van der Waals surface area contributed by atoms with Gasteiger partial charge in [0.15, 0.2) is 0 Å². The van der Waals surface area contributed by atoms with Crippen molar-refractivity contribution in [1.29, 1.82) is 0 Å². The molecule has 0 aromatic rings. The number of carboxylic acid groups (broad SMARTS) is 1. The lowest BCUT2D eigenvalue weighted by Gasteiger charge is -2.08. The Labute approximate surface area is 53.0 Å². The summed E-state index contributed by atoms with van der Waals surface area (Å²) in [5.74, 6) is 0.0334. The smallest absolute Gasteiger partial charge is 0.435 e. The first-order valence-electron chi connectivity index (χ1n) is 2.70. The lowest BCUT2D eigenvalue weighted by molar-refractivity contribution is 0.0229. The van der Waals surface area contributed by atoms with E-state index in [-0.39, 0.29) is 17.6 Å². The summed E-state index contributed by atoms with van der Waals surface area (Å²) in [7, 11) is 0. The molecule has 1 amide bonds. The molecule has 0 aromatic carbocycles. The summed E-state index contributed by atoms with van der Waals surface area (Å²) in [4.78, 5) is 9.79. The van der Waals surface area contributed by atoms with Crippen LogP contribution in [-0.4, -0.2) is 22.9 Å². The summed E-state index contributed by atoms with van der Waals surface area (Å²) >= 11 is 0. The van der Waals surface area contributed by atoms with Crippen LogP contribution in [0.5, 0.6) is 0 Å². The molecule has 0 heterocycles. The monoisotopic (exact) mass is 135 g/mol. The molecular weight excluding hydrogens is 125 g/mol. The van der Waals surface area contributed by atoms with Gasteiger partial charge in [-0.15, -0.1) is 5.12 Å². The summed E-state index contributed by atoms with van der Waals surface area (Å²) in [6.07, 6.45) is -1.52. The fourth-order valence-corrected chi connectivity index (χ4v) is 0.399. The van der Waals surface area contributed by atoms with Gasteiger partial charge in [0, 0.05) is 0 Å². The molecule has 0 spiro atoms. The summed E-state index contributed by atoms with van der Waals surface area (Å²) < 4.78 is 12.0. The van der Waals surface area contributed by atoms with Crippen LogP contribution in [0.3, 0.4) is 0 Å². The van der Waals surface area contributed by atoms with Gasteiger partial charge in [0.25, 0.3) is 0 Å². The first-order chi connectivity index (χ1) is 4.04. The maximum absolute atomic E-state index is 12.0. The van der Waals surface area contributed by atoms with Crippen molar-refractivity contribution in [2.75, 3.05) is 6.54 Å². The van der Waals surface area contributed by atoms with Gasteiger partial charge in [0.05, 0.1) is 6.54 Å². The van der Waals surface area contributed by atoms with Crippen LogP contribution < -0.4 is 0 Å². The number of amides is 1. The predicted octanol–water partition coefficient (Wildman–Crippen LogP) is 1.51. The van der Waals surface area contributed by atoms with E-state index in [0.717, 1.165) is 0 Å². The zero-order chi connectivity index (χ0) is 7.44. The van der Waals surface area contributed by atoms with Gasteiger partial charge in [-0.25, -0.2) is 4.79 Å². The molecule has 1 N–H and O–H groups in total. The fraction of sp³-hybridized carbons (Fsp3) is 0.800. The van der Waals surface area contributed by atoms with E-state index in [2.05, 4.69) is 0 Å². The Bertz CT molecular complexity index is 105. The number of halogens is 1. The Hall–Kier alpha value is -0.800. The Balaban J connectivity index is 3.50. The molecular formula is C5H10FNO2. The molecule has 0 aliphatic heterocycles. The van der Waals surface area contributed by atoms with E-state index in [1.165, 1.54) is 0 Å². The van der Waals surface area contributed by atoms with Crippen molar-refractivity contribution in [2.45, 2.75) is 13.8 Å².